The van der Waals surface area contributed by atoms with Crippen molar-refractivity contribution in [1.29, 1.82) is 0 Å². The predicted octanol–water partition coefficient (Wildman–Crippen LogP) is 2.90. The van der Waals surface area contributed by atoms with Gasteiger partial charge in [0.1, 0.15) is 0 Å². The third-order valence-corrected chi connectivity index (χ3v) is 4.09. The van der Waals surface area contributed by atoms with Crippen molar-refractivity contribution in [3.8, 4) is 0 Å². The van der Waals surface area contributed by atoms with Crippen molar-refractivity contribution in [2.45, 2.75) is 33.7 Å². The van der Waals surface area contributed by atoms with Gasteiger partial charge in [-0.25, -0.2) is 0 Å². The summed E-state index contributed by atoms with van der Waals surface area (Å²) in [5, 5.41) is 5.14. The van der Waals surface area contributed by atoms with Crippen LogP contribution in [0.25, 0.3) is 0 Å². The fraction of sp³-hybridized carbons (Fsp3) is 0.643. The van der Waals surface area contributed by atoms with Crippen molar-refractivity contribution < 1.29 is 4.79 Å². The van der Waals surface area contributed by atoms with E-state index in [1.807, 2.05) is 13.8 Å². The molecule has 0 spiro atoms. The Labute approximate surface area is 114 Å². The Hall–Kier alpha value is -0.870. The van der Waals surface area contributed by atoms with Crippen LogP contribution in [0.4, 0.5) is 0 Å². The molecule has 1 aromatic heterocycles. The van der Waals surface area contributed by atoms with Crippen LogP contribution < -0.4 is 5.32 Å². The van der Waals surface area contributed by atoms with E-state index in [-0.39, 0.29) is 11.8 Å². The Morgan fingerprint density at radius 2 is 2.06 bits per heavy atom. The number of amides is 1. The first-order chi connectivity index (χ1) is 8.60. The number of rotatable bonds is 7. The average molecular weight is 268 g/mol. The number of hydrogen-bond donors (Lipinski definition) is 1. The summed E-state index contributed by atoms with van der Waals surface area (Å²) in [5.74, 6) is 0.175. The first-order valence-electron chi connectivity index (χ1n) is 6.65. The van der Waals surface area contributed by atoms with E-state index in [2.05, 4.69) is 41.6 Å². The lowest BCUT2D eigenvalue weighted by molar-refractivity contribution is -0.124. The van der Waals surface area contributed by atoms with Crippen LogP contribution in [0.5, 0.6) is 0 Å². The highest BCUT2D eigenvalue weighted by molar-refractivity contribution is 7.10. The minimum absolute atomic E-state index is 0.0469. The average Bonchev–Trinajstić information content (AvgIpc) is 2.87. The van der Waals surface area contributed by atoms with Crippen LogP contribution in [0, 0.1) is 5.92 Å². The fourth-order valence-electron chi connectivity index (χ4n) is 1.96. The molecular weight excluding hydrogens is 244 g/mol. The minimum atomic E-state index is 0.0469. The smallest absolute Gasteiger partial charge is 0.222 e. The van der Waals surface area contributed by atoms with Crippen molar-refractivity contribution in [3.05, 3.63) is 22.4 Å². The fourth-order valence-corrected chi connectivity index (χ4v) is 2.82. The molecule has 1 unspecified atom stereocenters. The molecule has 0 aliphatic rings. The zero-order chi connectivity index (χ0) is 13.5. The topological polar surface area (TPSA) is 32.3 Å². The number of carbonyl (C=O) groups excluding carboxylic acids is 1. The summed E-state index contributed by atoms with van der Waals surface area (Å²) < 4.78 is 0. The maximum absolute atomic E-state index is 11.7. The van der Waals surface area contributed by atoms with Crippen LogP contribution in [0.3, 0.4) is 0 Å². The normalized spacial score (nSPS) is 13.0. The van der Waals surface area contributed by atoms with Crippen molar-refractivity contribution >= 4 is 17.2 Å². The van der Waals surface area contributed by atoms with Gasteiger partial charge in [0.2, 0.25) is 5.91 Å². The number of carbonyl (C=O) groups is 1. The summed E-state index contributed by atoms with van der Waals surface area (Å²) >= 11 is 1.76. The highest BCUT2D eigenvalue weighted by Crippen LogP contribution is 2.24. The molecule has 0 bridgehead atoms. The van der Waals surface area contributed by atoms with Crippen LogP contribution >= 0.6 is 11.3 Å². The molecule has 0 aromatic carbocycles. The third kappa shape index (κ3) is 4.10. The highest BCUT2D eigenvalue weighted by atomic mass is 32.1. The van der Waals surface area contributed by atoms with Gasteiger partial charge in [-0.1, -0.05) is 33.8 Å². The lowest BCUT2D eigenvalue weighted by Crippen LogP contribution is -2.39. The molecule has 0 saturated carbocycles. The molecule has 0 aliphatic heterocycles. The standard InChI is InChI=1S/C14H24N2OS/c1-5-16(6-2)12(13-8-7-9-18-13)10-15-14(17)11(3)4/h7-9,11-12H,5-6,10H2,1-4H3,(H,15,17). The summed E-state index contributed by atoms with van der Waals surface area (Å²) in [6.45, 7) is 10.9. The largest absolute Gasteiger partial charge is 0.354 e. The van der Waals surface area contributed by atoms with E-state index in [0.717, 1.165) is 13.1 Å². The van der Waals surface area contributed by atoms with Crippen LogP contribution in [-0.2, 0) is 4.79 Å². The third-order valence-electron chi connectivity index (χ3n) is 3.12. The lowest BCUT2D eigenvalue weighted by Gasteiger charge is -2.29. The van der Waals surface area contributed by atoms with E-state index in [1.165, 1.54) is 4.88 Å². The molecule has 4 heteroatoms. The molecule has 0 aliphatic carbocycles. The number of nitrogens with one attached hydrogen (secondary N) is 1. The molecule has 0 radical (unpaired) electrons. The molecule has 1 heterocycles. The van der Waals surface area contributed by atoms with Crippen molar-refractivity contribution in [3.63, 3.8) is 0 Å². The predicted molar refractivity (Wildman–Crippen MR) is 77.8 cm³/mol. The van der Waals surface area contributed by atoms with Crippen molar-refractivity contribution in [2.24, 2.45) is 5.92 Å². The Kier molecular flexibility index (Phi) is 6.36. The molecular formula is C14H24N2OS. The number of likely N-dealkylation sites (N-methyl/N-ethyl adjacent to an activating group) is 1. The minimum Gasteiger partial charge on any atom is -0.354 e. The number of thiophene rings is 1. The second-order valence-corrected chi connectivity index (χ2v) is 5.63. The van der Waals surface area contributed by atoms with E-state index in [1.54, 1.807) is 11.3 Å². The highest BCUT2D eigenvalue weighted by Gasteiger charge is 2.20. The van der Waals surface area contributed by atoms with Crippen molar-refractivity contribution in [2.75, 3.05) is 19.6 Å². The molecule has 102 valence electrons. The van der Waals surface area contributed by atoms with Crippen molar-refractivity contribution in [1.82, 2.24) is 10.2 Å². The van der Waals surface area contributed by atoms with E-state index in [0.29, 0.717) is 12.6 Å². The SMILES string of the molecule is CCN(CC)C(CNC(=O)C(C)C)c1cccs1. The maximum atomic E-state index is 11.7. The first kappa shape index (κ1) is 15.2. The Morgan fingerprint density at radius 3 is 2.50 bits per heavy atom. The molecule has 0 saturated heterocycles. The van der Waals surface area contributed by atoms with E-state index < -0.39 is 0 Å². The van der Waals surface area contributed by atoms with Gasteiger partial charge in [0.25, 0.3) is 0 Å². The summed E-state index contributed by atoms with van der Waals surface area (Å²) in [6.07, 6.45) is 0. The second kappa shape index (κ2) is 7.54. The summed E-state index contributed by atoms with van der Waals surface area (Å²) in [4.78, 5) is 15.4. The first-order valence-corrected chi connectivity index (χ1v) is 7.53. The zero-order valence-corrected chi connectivity index (χ0v) is 12.6. The summed E-state index contributed by atoms with van der Waals surface area (Å²) in [7, 11) is 0. The molecule has 3 nitrogen and oxygen atoms in total. The van der Waals surface area contributed by atoms with Crippen LogP contribution in [0.2, 0.25) is 0 Å². The van der Waals surface area contributed by atoms with Gasteiger partial charge in [-0.2, -0.15) is 0 Å². The Bertz CT molecular complexity index is 345. The second-order valence-electron chi connectivity index (χ2n) is 4.65. The Morgan fingerprint density at radius 1 is 1.39 bits per heavy atom. The number of hydrogen-bond acceptors (Lipinski definition) is 3. The molecule has 0 fully saturated rings. The van der Waals surface area contributed by atoms with Gasteiger partial charge in [0.05, 0.1) is 6.04 Å². The monoisotopic (exact) mass is 268 g/mol. The Balaban J connectivity index is 2.70. The number of nitrogens with zero attached hydrogens (tertiary/aromatic N) is 1. The maximum Gasteiger partial charge on any atom is 0.222 e. The molecule has 18 heavy (non-hydrogen) atoms. The zero-order valence-electron chi connectivity index (χ0n) is 11.8. The van der Waals surface area contributed by atoms with Gasteiger partial charge in [-0.15, -0.1) is 11.3 Å². The molecule has 1 rings (SSSR count). The van der Waals surface area contributed by atoms with Crippen LogP contribution in [-0.4, -0.2) is 30.4 Å². The van der Waals surface area contributed by atoms with Gasteiger partial charge in [0, 0.05) is 17.3 Å². The quantitative estimate of drug-likeness (QED) is 0.824. The molecule has 1 aromatic rings. The van der Waals surface area contributed by atoms with Gasteiger partial charge in [-0.05, 0) is 24.5 Å². The summed E-state index contributed by atoms with van der Waals surface area (Å²) in [6, 6.07) is 4.51. The van der Waals surface area contributed by atoms with Crippen LogP contribution in [0.1, 0.15) is 38.6 Å². The molecule has 1 amide bonds. The van der Waals surface area contributed by atoms with Crippen LogP contribution in [0.15, 0.2) is 17.5 Å². The molecule has 1 N–H and O–H groups in total. The summed E-state index contributed by atoms with van der Waals surface area (Å²) in [5.41, 5.74) is 0. The van der Waals surface area contributed by atoms with Gasteiger partial charge < -0.3 is 5.32 Å². The van der Waals surface area contributed by atoms with Gasteiger partial charge in [-0.3, -0.25) is 9.69 Å². The van der Waals surface area contributed by atoms with E-state index in [9.17, 15) is 4.79 Å². The molecule has 1 atom stereocenters. The van der Waals surface area contributed by atoms with Gasteiger partial charge >= 0.3 is 0 Å². The van der Waals surface area contributed by atoms with E-state index >= 15 is 0 Å². The lowest BCUT2D eigenvalue weighted by atomic mass is 10.1. The van der Waals surface area contributed by atoms with Gasteiger partial charge in [0.15, 0.2) is 0 Å². The van der Waals surface area contributed by atoms with E-state index in [4.69, 9.17) is 0 Å².